The van der Waals surface area contributed by atoms with Gasteiger partial charge in [0.05, 0.1) is 0 Å². The molecule has 1 aliphatic heterocycles. The van der Waals surface area contributed by atoms with Gasteiger partial charge in [-0.05, 0) is 56.4 Å². The van der Waals surface area contributed by atoms with Crippen molar-refractivity contribution in [2.75, 3.05) is 26.2 Å². The van der Waals surface area contributed by atoms with E-state index in [0.717, 1.165) is 45.1 Å². The predicted molar refractivity (Wildman–Crippen MR) is 68.3 cm³/mol. The smallest absolute Gasteiger partial charge is 0.129 e. The molecule has 1 heterocycles. The fraction of sp³-hybridized carbons (Fsp3) is 0.571. The molecule has 0 aliphatic carbocycles. The second-order valence-electron chi connectivity index (χ2n) is 5.01. The van der Waals surface area contributed by atoms with Gasteiger partial charge in [0.2, 0.25) is 0 Å². The maximum Gasteiger partial charge on any atom is 0.129 e. The molecule has 2 rings (SSSR count). The standard InChI is InChI=1S/C14H20F2N2/c15-13-2-1-12(14(16)9-13)5-8-18-6-3-11(10-17)4-7-18/h1-2,9,11H,3-8,10,17H2. The van der Waals surface area contributed by atoms with E-state index in [2.05, 4.69) is 4.90 Å². The molecule has 0 amide bonds. The van der Waals surface area contributed by atoms with E-state index in [-0.39, 0.29) is 0 Å². The Bertz CT molecular complexity index is 387. The minimum Gasteiger partial charge on any atom is -0.330 e. The van der Waals surface area contributed by atoms with Gasteiger partial charge >= 0.3 is 0 Å². The van der Waals surface area contributed by atoms with E-state index in [4.69, 9.17) is 5.73 Å². The molecule has 2 nitrogen and oxygen atoms in total. The Kier molecular flexibility index (Phi) is 4.66. The summed E-state index contributed by atoms with van der Waals surface area (Å²) < 4.78 is 26.2. The minimum absolute atomic E-state index is 0.438. The summed E-state index contributed by atoms with van der Waals surface area (Å²) in [6, 6.07) is 3.81. The molecular formula is C14H20F2N2. The van der Waals surface area contributed by atoms with E-state index in [1.807, 2.05) is 0 Å². The molecule has 0 atom stereocenters. The maximum absolute atomic E-state index is 13.4. The van der Waals surface area contributed by atoms with E-state index < -0.39 is 11.6 Å². The molecule has 0 bridgehead atoms. The molecule has 1 aliphatic rings. The van der Waals surface area contributed by atoms with Crippen LogP contribution in [0.5, 0.6) is 0 Å². The number of hydrogen-bond donors (Lipinski definition) is 1. The van der Waals surface area contributed by atoms with Crippen molar-refractivity contribution in [2.24, 2.45) is 11.7 Å². The Labute approximate surface area is 107 Å². The Hall–Kier alpha value is -1.00. The highest BCUT2D eigenvalue weighted by Gasteiger charge is 2.17. The first kappa shape index (κ1) is 13.4. The minimum atomic E-state index is -0.514. The summed E-state index contributed by atoms with van der Waals surface area (Å²) in [5, 5.41) is 0. The average molecular weight is 254 g/mol. The summed E-state index contributed by atoms with van der Waals surface area (Å²) in [5.74, 6) is -0.310. The van der Waals surface area contributed by atoms with Crippen LogP contribution in [0.15, 0.2) is 18.2 Å². The molecule has 1 aromatic rings. The number of benzene rings is 1. The van der Waals surface area contributed by atoms with Crippen molar-refractivity contribution in [3.63, 3.8) is 0 Å². The van der Waals surface area contributed by atoms with Gasteiger partial charge in [-0.15, -0.1) is 0 Å². The molecule has 18 heavy (non-hydrogen) atoms. The lowest BCUT2D eigenvalue weighted by molar-refractivity contribution is 0.189. The summed E-state index contributed by atoms with van der Waals surface area (Å²) in [6.07, 6.45) is 2.89. The first-order valence-electron chi connectivity index (χ1n) is 6.55. The molecule has 0 radical (unpaired) electrons. The average Bonchev–Trinajstić information content (AvgIpc) is 2.38. The highest BCUT2D eigenvalue weighted by atomic mass is 19.1. The normalized spacial score (nSPS) is 18.2. The molecule has 0 unspecified atom stereocenters. The van der Waals surface area contributed by atoms with Gasteiger partial charge in [0.25, 0.3) is 0 Å². The third-order valence-corrected chi connectivity index (χ3v) is 3.75. The Morgan fingerprint density at radius 2 is 1.94 bits per heavy atom. The zero-order valence-corrected chi connectivity index (χ0v) is 10.5. The molecule has 0 spiro atoms. The number of piperidine rings is 1. The summed E-state index contributed by atoms with van der Waals surface area (Å²) in [7, 11) is 0. The largest absolute Gasteiger partial charge is 0.330 e. The third kappa shape index (κ3) is 3.50. The van der Waals surface area contributed by atoms with Crippen molar-refractivity contribution in [2.45, 2.75) is 19.3 Å². The monoisotopic (exact) mass is 254 g/mol. The maximum atomic E-state index is 13.4. The molecule has 0 saturated carbocycles. The highest BCUT2D eigenvalue weighted by molar-refractivity contribution is 5.18. The van der Waals surface area contributed by atoms with Crippen molar-refractivity contribution in [3.05, 3.63) is 35.4 Å². The van der Waals surface area contributed by atoms with Gasteiger partial charge in [-0.3, -0.25) is 0 Å². The Morgan fingerprint density at radius 1 is 1.22 bits per heavy atom. The lowest BCUT2D eigenvalue weighted by Crippen LogP contribution is -2.37. The van der Waals surface area contributed by atoms with Gasteiger partial charge in [-0.2, -0.15) is 0 Å². The quantitative estimate of drug-likeness (QED) is 0.892. The van der Waals surface area contributed by atoms with Gasteiger partial charge in [0.15, 0.2) is 0 Å². The van der Waals surface area contributed by atoms with E-state index in [0.29, 0.717) is 17.9 Å². The Morgan fingerprint density at radius 3 is 2.56 bits per heavy atom. The number of likely N-dealkylation sites (tertiary alicyclic amines) is 1. The zero-order valence-electron chi connectivity index (χ0n) is 10.5. The van der Waals surface area contributed by atoms with E-state index in [1.54, 1.807) is 0 Å². The fourth-order valence-electron chi connectivity index (χ4n) is 2.45. The van der Waals surface area contributed by atoms with Crippen LogP contribution in [-0.2, 0) is 6.42 Å². The number of nitrogens with zero attached hydrogens (tertiary/aromatic N) is 1. The molecule has 2 N–H and O–H groups in total. The van der Waals surface area contributed by atoms with Crippen LogP contribution in [0.4, 0.5) is 8.78 Å². The summed E-state index contributed by atoms with van der Waals surface area (Å²) in [5.41, 5.74) is 6.24. The highest BCUT2D eigenvalue weighted by Crippen LogP contribution is 2.17. The molecule has 0 aromatic heterocycles. The number of hydrogen-bond acceptors (Lipinski definition) is 2. The van der Waals surface area contributed by atoms with Gasteiger partial charge < -0.3 is 10.6 Å². The number of halogens is 2. The third-order valence-electron chi connectivity index (χ3n) is 3.75. The van der Waals surface area contributed by atoms with Crippen LogP contribution >= 0.6 is 0 Å². The van der Waals surface area contributed by atoms with Crippen molar-refractivity contribution in [1.29, 1.82) is 0 Å². The molecule has 1 fully saturated rings. The second-order valence-corrected chi connectivity index (χ2v) is 5.01. The van der Waals surface area contributed by atoms with Crippen molar-refractivity contribution >= 4 is 0 Å². The Balaban J connectivity index is 1.81. The lowest BCUT2D eigenvalue weighted by Gasteiger charge is -2.31. The molecule has 1 saturated heterocycles. The number of nitrogens with two attached hydrogens (primary N) is 1. The van der Waals surface area contributed by atoms with Crippen LogP contribution in [0.25, 0.3) is 0 Å². The van der Waals surface area contributed by atoms with Crippen molar-refractivity contribution in [3.8, 4) is 0 Å². The van der Waals surface area contributed by atoms with Crippen LogP contribution in [0.1, 0.15) is 18.4 Å². The van der Waals surface area contributed by atoms with Crippen LogP contribution in [0.3, 0.4) is 0 Å². The van der Waals surface area contributed by atoms with E-state index in [9.17, 15) is 8.78 Å². The first-order valence-corrected chi connectivity index (χ1v) is 6.55. The SMILES string of the molecule is NCC1CCN(CCc2ccc(F)cc2F)CC1. The zero-order chi connectivity index (χ0) is 13.0. The van der Waals surface area contributed by atoms with Crippen LogP contribution < -0.4 is 5.73 Å². The van der Waals surface area contributed by atoms with E-state index in [1.165, 1.54) is 12.1 Å². The molecule has 1 aromatic carbocycles. The molecule has 4 heteroatoms. The van der Waals surface area contributed by atoms with Gasteiger partial charge in [0.1, 0.15) is 11.6 Å². The summed E-state index contributed by atoms with van der Waals surface area (Å²) in [4.78, 5) is 2.33. The fourth-order valence-corrected chi connectivity index (χ4v) is 2.45. The van der Waals surface area contributed by atoms with Crippen LogP contribution in [-0.4, -0.2) is 31.1 Å². The summed E-state index contributed by atoms with van der Waals surface area (Å²) in [6.45, 7) is 3.66. The van der Waals surface area contributed by atoms with Gasteiger partial charge in [0, 0.05) is 12.6 Å². The van der Waals surface area contributed by atoms with Crippen LogP contribution in [0.2, 0.25) is 0 Å². The van der Waals surface area contributed by atoms with Gasteiger partial charge in [-0.1, -0.05) is 6.07 Å². The first-order chi connectivity index (χ1) is 8.69. The number of rotatable bonds is 4. The predicted octanol–water partition coefficient (Wildman–Crippen LogP) is 2.18. The van der Waals surface area contributed by atoms with Crippen molar-refractivity contribution in [1.82, 2.24) is 4.90 Å². The molecular weight excluding hydrogens is 234 g/mol. The van der Waals surface area contributed by atoms with Crippen molar-refractivity contribution < 1.29 is 8.78 Å². The topological polar surface area (TPSA) is 29.3 Å². The van der Waals surface area contributed by atoms with Gasteiger partial charge in [-0.25, -0.2) is 8.78 Å². The second kappa shape index (κ2) is 6.25. The van der Waals surface area contributed by atoms with E-state index >= 15 is 0 Å². The summed E-state index contributed by atoms with van der Waals surface area (Å²) >= 11 is 0. The molecule has 100 valence electrons. The lowest BCUT2D eigenvalue weighted by atomic mass is 9.97. The van der Waals surface area contributed by atoms with Crippen LogP contribution in [0, 0.1) is 17.6 Å².